The average molecular weight is 460 g/mol. The van der Waals surface area contributed by atoms with Crippen molar-refractivity contribution in [2.24, 2.45) is 7.05 Å². The van der Waals surface area contributed by atoms with Crippen LogP contribution < -0.4 is 25.1 Å². The fraction of sp³-hybridized carbons (Fsp3) is 0.240. The van der Waals surface area contributed by atoms with E-state index in [0.29, 0.717) is 40.5 Å². The number of hydrogen-bond donors (Lipinski definition) is 1. The minimum Gasteiger partial charge on any atom is -0.497 e. The number of aryl methyl sites for hydroxylation is 1. The van der Waals surface area contributed by atoms with Crippen LogP contribution in [0.1, 0.15) is 17.7 Å². The predicted octanol–water partition coefficient (Wildman–Crippen LogP) is 3.32. The average Bonchev–Trinajstić information content (AvgIpc) is 3.50. The maximum Gasteiger partial charge on any atom is 0.277 e. The van der Waals surface area contributed by atoms with Gasteiger partial charge in [-0.05, 0) is 49.7 Å². The summed E-state index contributed by atoms with van der Waals surface area (Å²) in [5.41, 5.74) is 4.00. The number of rotatable bonds is 6. The number of ether oxygens (including phenoxy) is 3. The molecule has 5 rings (SSSR count). The summed E-state index contributed by atoms with van der Waals surface area (Å²) in [6, 6.07) is 14.6. The first kappa shape index (κ1) is 21.6. The summed E-state index contributed by atoms with van der Waals surface area (Å²) in [5.74, 6) is 1.80. The van der Waals surface area contributed by atoms with Crippen LogP contribution in [0.15, 0.2) is 53.3 Å². The van der Waals surface area contributed by atoms with Crippen molar-refractivity contribution in [3.63, 3.8) is 0 Å². The van der Waals surface area contributed by atoms with Crippen molar-refractivity contribution < 1.29 is 19.0 Å². The topological polar surface area (TPSA) is 96.1 Å². The Morgan fingerprint density at radius 3 is 2.65 bits per heavy atom. The molecule has 0 aliphatic carbocycles. The zero-order valence-electron chi connectivity index (χ0n) is 19.1. The highest BCUT2D eigenvalue weighted by molar-refractivity contribution is 5.91. The van der Waals surface area contributed by atoms with Crippen LogP contribution in [0.3, 0.4) is 0 Å². The van der Waals surface area contributed by atoms with Gasteiger partial charge in [0, 0.05) is 48.1 Å². The van der Waals surface area contributed by atoms with Crippen molar-refractivity contribution in [1.29, 1.82) is 0 Å². The Balaban J connectivity index is 1.37. The number of methoxy groups -OCH3 is 1. The van der Waals surface area contributed by atoms with Gasteiger partial charge in [-0.3, -0.25) is 9.59 Å². The third-order valence-electron chi connectivity index (χ3n) is 6.07. The van der Waals surface area contributed by atoms with E-state index in [1.807, 2.05) is 48.9 Å². The summed E-state index contributed by atoms with van der Waals surface area (Å²) < 4.78 is 19.2. The molecule has 0 spiro atoms. The Labute approximate surface area is 195 Å². The van der Waals surface area contributed by atoms with Crippen molar-refractivity contribution >= 4 is 17.2 Å². The first-order chi connectivity index (χ1) is 16.4. The van der Waals surface area contributed by atoms with Crippen molar-refractivity contribution in [2.75, 3.05) is 19.2 Å². The molecule has 2 aromatic carbocycles. The summed E-state index contributed by atoms with van der Waals surface area (Å²) in [5, 5.41) is 7.40. The third-order valence-corrected chi connectivity index (χ3v) is 6.07. The summed E-state index contributed by atoms with van der Waals surface area (Å²) >= 11 is 0. The zero-order chi connectivity index (χ0) is 23.8. The second-order valence-electron chi connectivity index (χ2n) is 8.07. The second-order valence-corrected chi connectivity index (χ2v) is 8.07. The Morgan fingerprint density at radius 1 is 1.12 bits per heavy atom. The number of amides is 1. The number of fused-ring (bicyclic) bond motifs is 2. The molecule has 1 amide bonds. The third kappa shape index (κ3) is 3.85. The summed E-state index contributed by atoms with van der Waals surface area (Å²) in [7, 11) is 3.50. The Hall–Kier alpha value is -4.27. The molecule has 0 fully saturated rings. The molecule has 0 bridgehead atoms. The second kappa shape index (κ2) is 8.58. The standard InChI is InChI=1S/C25H24N4O5/c1-15-19(9-11-23(30)26-17-6-10-21-22(12-17)34-14-33-21)25(31)29-24(28(15)2)13-20(27-29)16-4-7-18(32-3)8-5-16/h4-8,10,12-13H,9,11,14H2,1-3H3,(H,26,30). The molecular formula is C25H24N4O5. The molecule has 9 heteroatoms. The van der Waals surface area contributed by atoms with Crippen LogP contribution in [-0.2, 0) is 18.3 Å². The van der Waals surface area contributed by atoms with E-state index in [-0.39, 0.29) is 24.7 Å². The number of benzene rings is 2. The van der Waals surface area contributed by atoms with Gasteiger partial charge in [0.05, 0.1) is 12.8 Å². The Bertz CT molecular complexity index is 1450. The van der Waals surface area contributed by atoms with E-state index >= 15 is 0 Å². The fourth-order valence-corrected chi connectivity index (χ4v) is 4.04. The maximum atomic E-state index is 13.3. The molecule has 34 heavy (non-hydrogen) atoms. The molecule has 9 nitrogen and oxygen atoms in total. The molecule has 1 aliphatic rings. The fourth-order valence-electron chi connectivity index (χ4n) is 4.04. The van der Waals surface area contributed by atoms with Gasteiger partial charge in [0.1, 0.15) is 11.4 Å². The number of aromatic nitrogens is 3. The first-order valence-electron chi connectivity index (χ1n) is 10.9. The van der Waals surface area contributed by atoms with E-state index < -0.39 is 0 Å². The van der Waals surface area contributed by atoms with Crippen LogP contribution >= 0.6 is 0 Å². The molecular weight excluding hydrogens is 436 g/mol. The van der Waals surface area contributed by atoms with E-state index in [1.54, 1.807) is 25.3 Å². The lowest BCUT2D eigenvalue weighted by molar-refractivity contribution is -0.116. The molecule has 174 valence electrons. The molecule has 1 aliphatic heterocycles. The van der Waals surface area contributed by atoms with Crippen molar-refractivity contribution in [3.8, 4) is 28.5 Å². The van der Waals surface area contributed by atoms with Gasteiger partial charge in [0.2, 0.25) is 12.7 Å². The number of carbonyl (C=O) groups excluding carboxylic acids is 1. The van der Waals surface area contributed by atoms with E-state index in [2.05, 4.69) is 10.4 Å². The normalized spacial score (nSPS) is 12.2. The minimum atomic E-state index is -0.221. The molecule has 0 radical (unpaired) electrons. The summed E-state index contributed by atoms with van der Waals surface area (Å²) in [6.07, 6.45) is 0.450. The number of hydrogen-bond acceptors (Lipinski definition) is 6. The number of nitrogens with one attached hydrogen (secondary N) is 1. The van der Waals surface area contributed by atoms with Crippen LogP contribution in [0, 0.1) is 6.92 Å². The first-order valence-corrected chi connectivity index (χ1v) is 10.9. The lowest BCUT2D eigenvalue weighted by Crippen LogP contribution is -2.26. The number of anilines is 1. The monoisotopic (exact) mass is 460 g/mol. The molecule has 1 N–H and O–H groups in total. The predicted molar refractivity (Wildman–Crippen MR) is 127 cm³/mol. The Morgan fingerprint density at radius 2 is 1.88 bits per heavy atom. The quantitative estimate of drug-likeness (QED) is 0.474. The van der Waals surface area contributed by atoms with E-state index in [4.69, 9.17) is 14.2 Å². The molecule has 0 saturated carbocycles. The maximum absolute atomic E-state index is 13.3. The molecule has 0 unspecified atom stereocenters. The summed E-state index contributed by atoms with van der Waals surface area (Å²) in [6.45, 7) is 2.05. The number of nitrogens with zero attached hydrogens (tertiary/aromatic N) is 3. The van der Waals surface area contributed by atoms with Crippen molar-refractivity contribution in [1.82, 2.24) is 14.2 Å². The van der Waals surface area contributed by atoms with Crippen molar-refractivity contribution in [2.45, 2.75) is 19.8 Å². The van der Waals surface area contributed by atoms with Gasteiger partial charge in [-0.25, -0.2) is 0 Å². The molecule has 0 saturated heterocycles. The van der Waals surface area contributed by atoms with Crippen LogP contribution in [0.25, 0.3) is 16.9 Å². The highest BCUT2D eigenvalue weighted by atomic mass is 16.7. The molecule has 2 aromatic heterocycles. The van der Waals surface area contributed by atoms with Crippen LogP contribution in [0.5, 0.6) is 17.2 Å². The van der Waals surface area contributed by atoms with E-state index in [1.165, 1.54) is 4.52 Å². The number of carbonyl (C=O) groups is 1. The van der Waals surface area contributed by atoms with Gasteiger partial charge in [0.15, 0.2) is 11.5 Å². The van der Waals surface area contributed by atoms with Crippen LogP contribution in [0.4, 0.5) is 5.69 Å². The van der Waals surface area contributed by atoms with Gasteiger partial charge in [-0.15, -0.1) is 0 Å². The zero-order valence-corrected chi connectivity index (χ0v) is 19.1. The largest absolute Gasteiger partial charge is 0.497 e. The van der Waals surface area contributed by atoms with Crippen molar-refractivity contribution in [3.05, 3.63) is 70.1 Å². The van der Waals surface area contributed by atoms with Gasteiger partial charge in [-0.1, -0.05) is 0 Å². The van der Waals surface area contributed by atoms with Gasteiger partial charge >= 0.3 is 0 Å². The highest BCUT2D eigenvalue weighted by Gasteiger charge is 2.18. The van der Waals surface area contributed by atoms with E-state index in [9.17, 15) is 9.59 Å². The summed E-state index contributed by atoms with van der Waals surface area (Å²) in [4.78, 5) is 25.8. The lowest BCUT2D eigenvalue weighted by atomic mass is 10.1. The SMILES string of the molecule is COc1ccc(-c2cc3n(C)c(C)c(CCC(=O)Nc4ccc5c(c4)OCO5)c(=O)n3n2)cc1. The molecule has 0 atom stereocenters. The molecule has 4 aromatic rings. The van der Waals surface area contributed by atoms with Crippen LogP contribution in [0.2, 0.25) is 0 Å². The van der Waals surface area contributed by atoms with Gasteiger partial charge in [-0.2, -0.15) is 9.61 Å². The molecule has 3 heterocycles. The lowest BCUT2D eigenvalue weighted by Gasteiger charge is -2.12. The minimum absolute atomic E-state index is 0.155. The highest BCUT2D eigenvalue weighted by Crippen LogP contribution is 2.34. The smallest absolute Gasteiger partial charge is 0.277 e. The van der Waals surface area contributed by atoms with Gasteiger partial charge < -0.3 is 24.1 Å². The van der Waals surface area contributed by atoms with Gasteiger partial charge in [0.25, 0.3) is 5.56 Å². The Kier molecular flexibility index (Phi) is 5.45. The van der Waals surface area contributed by atoms with Crippen LogP contribution in [-0.4, -0.2) is 34.0 Å². The van der Waals surface area contributed by atoms with E-state index in [0.717, 1.165) is 17.0 Å².